The van der Waals surface area contributed by atoms with Crippen molar-refractivity contribution in [2.24, 2.45) is 0 Å². The monoisotopic (exact) mass is 388 g/mol. The number of carbonyl (C=O) groups excluding carboxylic acids is 2. The molecule has 0 amide bonds. The lowest BCUT2D eigenvalue weighted by molar-refractivity contribution is -0.138. The van der Waals surface area contributed by atoms with Crippen LogP contribution >= 0.6 is 11.8 Å². The molecule has 0 bridgehead atoms. The van der Waals surface area contributed by atoms with Gasteiger partial charge >= 0.3 is 11.9 Å². The van der Waals surface area contributed by atoms with Gasteiger partial charge in [0.15, 0.2) is 0 Å². The Kier molecular flexibility index (Phi) is 6.91. The number of methoxy groups -OCH3 is 3. The Morgan fingerprint density at radius 2 is 1.85 bits per heavy atom. The van der Waals surface area contributed by atoms with Gasteiger partial charge in [0.2, 0.25) is 0 Å². The van der Waals surface area contributed by atoms with Crippen LogP contribution in [0.1, 0.15) is 18.4 Å². The summed E-state index contributed by atoms with van der Waals surface area (Å²) in [6, 6.07) is 9.29. The number of dihydropyridines is 1. The number of nitrogens with one attached hydrogen (secondary N) is 1. The van der Waals surface area contributed by atoms with Gasteiger partial charge in [-0.25, -0.2) is 4.79 Å². The summed E-state index contributed by atoms with van der Waals surface area (Å²) in [7, 11) is 4.16. The van der Waals surface area contributed by atoms with Crippen LogP contribution in [0.25, 0.3) is 0 Å². The van der Waals surface area contributed by atoms with Crippen LogP contribution in [0.4, 0.5) is 0 Å². The number of nitrogens with zero attached hydrogens (tertiary/aromatic N) is 1. The van der Waals surface area contributed by atoms with Gasteiger partial charge in [-0.05, 0) is 24.6 Å². The lowest BCUT2D eigenvalue weighted by Crippen LogP contribution is -2.28. The number of rotatable bonds is 6. The molecule has 1 unspecified atom stereocenters. The Morgan fingerprint density at radius 3 is 2.37 bits per heavy atom. The topological polar surface area (TPSA) is 97.7 Å². The Morgan fingerprint density at radius 1 is 1.19 bits per heavy atom. The molecule has 1 aromatic rings. The van der Waals surface area contributed by atoms with Crippen molar-refractivity contribution in [3.8, 4) is 11.8 Å². The van der Waals surface area contributed by atoms with E-state index in [1.165, 1.54) is 14.2 Å². The number of nitriles is 1. The first-order valence-corrected chi connectivity index (χ1v) is 8.99. The lowest BCUT2D eigenvalue weighted by atomic mass is 9.82. The predicted molar refractivity (Wildman–Crippen MR) is 101 cm³/mol. The van der Waals surface area contributed by atoms with Crippen molar-refractivity contribution in [3.63, 3.8) is 0 Å². The van der Waals surface area contributed by atoms with Gasteiger partial charge in [-0.1, -0.05) is 23.9 Å². The molecule has 1 heterocycles. The maximum absolute atomic E-state index is 12.4. The van der Waals surface area contributed by atoms with E-state index in [9.17, 15) is 14.9 Å². The SMILES string of the molecule is COC(=O)CSC1=C(C#N)C(c2ccc(OC)cc2)C(C(=O)OC)=C(C)N1. The first-order chi connectivity index (χ1) is 13.0. The third-order valence-corrected chi connectivity index (χ3v) is 5.05. The number of esters is 2. The second-order valence-corrected chi connectivity index (χ2v) is 6.57. The molecule has 0 radical (unpaired) electrons. The predicted octanol–water partition coefficient (Wildman–Crippen LogP) is 2.47. The average Bonchev–Trinajstić information content (AvgIpc) is 2.70. The van der Waals surface area contributed by atoms with Crippen LogP contribution in [0.3, 0.4) is 0 Å². The number of allylic oxidation sites excluding steroid dienone is 2. The van der Waals surface area contributed by atoms with Gasteiger partial charge in [-0.3, -0.25) is 4.79 Å². The zero-order valence-electron chi connectivity index (χ0n) is 15.5. The van der Waals surface area contributed by atoms with E-state index in [1.807, 2.05) is 0 Å². The lowest BCUT2D eigenvalue weighted by Gasteiger charge is -2.29. The van der Waals surface area contributed by atoms with Gasteiger partial charge in [0.05, 0.1) is 55.2 Å². The molecule has 27 heavy (non-hydrogen) atoms. The van der Waals surface area contributed by atoms with Crippen molar-refractivity contribution in [1.82, 2.24) is 5.32 Å². The second kappa shape index (κ2) is 9.14. The third-order valence-electron chi connectivity index (χ3n) is 4.06. The highest BCUT2D eigenvalue weighted by Crippen LogP contribution is 2.41. The molecule has 0 saturated carbocycles. The van der Waals surface area contributed by atoms with Gasteiger partial charge in [-0.15, -0.1) is 0 Å². The summed E-state index contributed by atoms with van der Waals surface area (Å²) >= 11 is 1.15. The van der Waals surface area contributed by atoms with Crippen molar-refractivity contribution in [1.29, 1.82) is 5.26 Å². The average molecular weight is 388 g/mol. The molecule has 142 valence electrons. The van der Waals surface area contributed by atoms with Gasteiger partial charge in [0.1, 0.15) is 5.75 Å². The number of ether oxygens (including phenoxy) is 3. The Balaban J connectivity index is 2.54. The zero-order chi connectivity index (χ0) is 20.0. The number of hydrogen-bond acceptors (Lipinski definition) is 8. The molecular formula is C19H20N2O5S. The van der Waals surface area contributed by atoms with E-state index in [1.54, 1.807) is 38.3 Å². The fourth-order valence-corrected chi connectivity index (χ4v) is 3.65. The van der Waals surface area contributed by atoms with Crippen LogP contribution in [0.5, 0.6) is 5.75 Å². The molecular weight excluding hydrogens is 368 g/mol. The van der Waals surface area contributed by atoms with Crippen LogP contribution in [-0.4, -0.2) is 39.0 Å². The molecule has 8 heteroatoms. The van der Waals surface area contributed by atoms with E-state index >= 15 is 0 Å². The van der Waals surface area contributed by atoms with Crippen LogP contribution < -0.4 is 10.1 Å². The number of carbonyl (C=O) groups is 2. The van der Waals surface area contributed by atoms with Gasteiger partial charge < -0.3 is 19.5 Å². The van der Waals surface area contributed by atoms with Crippen LogP contribution in [-0.2, 0) is 19.1 Å². The highest BCUT2D eigenvalue weighted by atomic mass is 32.2. The van der Waals surface area contributed by atoms with Gasteiger partial charge in [0.25, 0.3) is 0 Å². The molecule has 0 aliphatic carbocycles. The smallest absolute Gasteiger partial charge is 0.336 e. The second-order valence-electron chi connectivity index (χ2n) is 5.58. The quantitative estimate of drug-likeness (QED) is 0.742. The third kappa shape index (κ3) is 4.44. The number of hydrogen-bond donors (Lipinski definition) is 1. The minimum Gasteiger partial charge on any atom is -0.497 e. The summed E-state index contributed by atoms with van der Waals surface area (Å²) < 4.78 is 14.8. The van der Waals surface area contributed by atoms with Crippen molar-refractivity contribution >= 4 is 23.7 Å². The van der Waals surface area contributed by atoms with Crippen LogP contribution in [0, 0.1) is 11.3 Å². The summed E-state index contributed by atoms with van der Waals surface area (Å²) in [4.78, 5) is 23.9. The summed E-state index contributed by atoms with van der Waals surface area (Å²) in [6.45, 7) is 1.73. The molecule has 1 N–H and O–H groups in total. The summed E-state index contributed by atoms with van der Waals surface area (Å²) in [5, 5.41) is 13.4. The maximum atomic E-state index is 12.4. The molecule has 0 spiro atoms. The highest BCUT2D eigenvalue weighted by Gasteiger charge is 2.35. The van der Waals surface area contributed by atoms with Crippen LogP contribution in [0.15, 0.2) is 46.1 Å². The molecule has 1 aliphatic rings. The fraction of sp³-hybridized carbons (Fsp3) is 0.316. The van der Waals surface area contributed by atoms with E-state index in [-0.39, 0.29) is 5.75 Å². The minimum atomic E-state index is -0.616. The largest absolute Gasteiger partial charge is 0.497 e. The number of benzene rings is 1. The minimum absolute atomic E-state index is 0.0418. The zero-order valence-corrected chi connectivity index (χ0v) is 16.3. The van der Waals surface area contributed by atoms with Crippen molar-refractivity contribution in [2.45, 2.75) is 12.8 Å². The van der Waals surface area contributed by atoms with E-state index < -0.39 is 17.9 Å². The molecule has 0 aromatic heterocycles. The van der Waals surface area contributed by atoms with E-state index in [2.05, 4.69) is 16.1 Å². The molecule has 2 rings (SSSR count). The Hall–Kier alpha value is -2.92. The molecule has 1 aromatic carbocycles. The molecule has 1 atom stereocenters. The Labute approximate surface area is 162 Å². The van der Waals surface area contributed by atoms with Gasteiger partial charge in [0, 0.05) is 5.70 Å². The molecule has 0 saturated heterocycles. The summed E-state index contributed by atoms with van der Waals surface area (Å²) in [5.41, 5.74) is 1.99. The fourth-order valence-electron chi connectivity index (χ4n) is 2.73. The number of thioether (sulfide) groups is 1. The van der Waals surface area contributed by atoms with E-state index in [0.29, 0.717) is 27.6 Å². The van der Waals surface area contributed by atoms with Crippen molar-refractivity contribution < 1.29 is 23.8 Å². The van der Waals surface area contributed by atoms with E-state index in [4.69, 9.17) is 9.47 Å². The summed E-state index contributed by atoms with van der Waals surface area (Å²) in [5.74, 6) is -0.843. The molecule has 7 nitrogen and oxygen atoms in total. The first kappa shape index (κ1) is 20.4. The molecule has 1 aliphatic heterocycles. The van der Waals surface area contributed by atoms with E-state index in [0.717, 1.165) is 17.3 Å². The molecule has 0 fully saturated rings. The Bertz CT molecular complexity index is 837. The van der Waals surface area contributed by atoms with Crippen LogP contribution in [0.2, 0.25) is 0 Å². The van der Waals surface area contributed by atoms with Crippen molar-refractivity contribution in [3.05, 3.63) is 51.7 Å². The van der Waals surface area contributed by atoms with Crippen molar-refractivity contribution in [2.75, 3.05) is 27.1 Å². The maximum Gasteiger partial charge on any atom is 0.336 e. The van der Waals surface area contributed by atoms with Gasteiger partial charge in [-0.2, -0.15) is 5.26 Å². The standard InChI is InChI=1S/C19H20N2O5S/c1-11-16(19(23)26-4)17(12-5-7-13(24-2)8-6-12)14(9-20)18(21-11)27-10-15(22)25-3/h5-8,17,21H,10H2,1-4H3. The first-order valence-electron chi connectivity index (χ1n) is 8.00. The highest BCUT2D eigenvalue weighted by molar-refractivity contribution is 8.03. The summed E-state index contributed by atoms with van der Waals surface area (Å²) in [6.07, 6.45) is 0. The normalized spacial score (nSPS) is 16.3.